The van der Waals surface area contributed by atoms with Crippen LogP contribution in [0.2, 0.25) is 0 Å². The number of hydrogen-bond acceptors (Lipinski definition) is 6. The molecule has 1 atom stereocenters. The van der Waals surface area contributed by atoms with Crippen LogP contribution < -0.4 is 20.7 Å². The van der Waals surface area contributed by atoms with Gasteiger partial charge < -0.3 is 15.3 Å². The fourth-order valence-electron chi connectivity index (χ4n) is 5.89. The first-order valence-corrected chi connectivity index (χ1v) is 15.4. The maximum Gasteiger partial charge on any atom is 0.296 e. The van der Waals surface area contributed by atoms with Crippen molar-refractivity contribution in [3.8, 4) is 16.8 Å². The van der Waals surface area contributed by atoms with Crippen molar-refractivity contribution in [1.82, 2.24) is 24.5 Å². The van der Waals surface area contributed by atoms with Gasteiger partial charge in [0.1, 0.15) is 17.8 Å². The molecule has 0 amide bonds. The Kier molecular flexibility index (Phi) is 6.45. The van der Waals surface area contributed by atoms with Gasteiger partial charge in [-0.1, -0.05) is 36.4 Å². The molecule has 4 aromatic heterocycles. The van der Waals surface area contributed by atoms with Crippen LogP contribution in [-0.4, -0.2) is 32.9 Å². The zero-order chi connectivity index (χ0) is 30.6. The highest BCUT2D eigenvalue weighted by Gasteiger charge is 2.21. The molecular weight excluding hydrogens is 576 g/mol. The van der Waals surface area contributed by atoms with Crippen LogP contribution in [0.15, 0.2) is 96.3 Å². The number of anilines is 2. The first-order valence-electron chi connectivity index (χ1n) is 13.9. The van der Waals surface area contributed by atoms with Gasteiger partial charge in [0.15, 0.2) is 0 Å². The normalized spacial score (nSPS) is 12.6. The number of nitrogens with one attached hydrogen (secondary N) is 4. The number of hydrogen-bond donors (Lipinski definition) is 5. The highest BCUT2D eigenvalue weighted by atomic mass is 32.2. The molecule has 0 spiro atoms. The highest BCUT2D eigenvalue weighted by Crippen LogP contribution is 2.39. The monoisotopic (exact) mass is 604 g/mol. The molecule has 0 saturated carbocycles. The molecule has 0 aliphatic heterocycles. The quantitative estimate of drug-likeness (QED) is 0.161. The fraction of sp³-hybridized carbons (Fsp3) is 0.0938. The van der Waals surface area contributed by atoms with Crippen LogP contribution in [0.1, 0.15) is 24.2 Å². The van der Waals surface area contributed by atoms with Crippen LogP contribution in [0.25, 0.3) is 49.5 Å². The maximum atomic E-state index is 14.0. The van der Waals surface area contributed by atoms with E-state index in [-0.39, 0.29) is 11.6 Å². The van der Waals surface area contributed by atoms with Crippen molar-refractivity contribution in [3.63, 3.8) is 0 Å². The molecule has 0 saturated heterocycles. The van der Waals surface area contributed by atoms with E-state index in [9.17, 15) is 13.2 Å². The molecule has 220 valence electrons. The molecule has 0 fully saturated rings. The van der Waals surface area contributed by atoms with Gasteiger partial charge in [-0.05, 0) is 66.8 Å². The number of benzene rings is 3. The molecule has 0 radical (unpaired) electrons. The van der Waals surface area contributed by atoms with Crippen LogP contribution in [0.3, 0.4) is 0 Å². The predicted octanol–water partition coefficient (Wildman–Crippen LogP) is 5.51. The molecule has 7 rings (SSSR count). The smallest absolute Gasteiger partial charge is 0.296 e. The summed E-state index contributed by atoms with van der Waals surface area (Å²) in [5.74, 6) is 0.545. The first kappa shape index (κ1) is 27.4. The van der Waals surface area contributed by atoms with Gasteiger partial charge in [0.25, 0.3) is 15.8 Å². The van der Waals surface area contributed by atoms with Crippen molar-refractivity contribution in [2.24, 2.45) is 5.14 Å². The molecule has 12 heteroatoms. The predicted molar refractivity (Wildman–Crippen MR) is 174 cm³/mol. The van der Waals surface area contributed by atoms with Gasteiger partial charge >= 0.3 is 0 Å². The SMILES string of the molecule is Cc1cccc2cc([C@H](C)Nc3ncnc4[nH]cc(-c5cc(NS(N)(=O)=O)cc6[nH]ccc56)c34)n(-c3ccccc3)c(=O)c12. The summed E-state index contributed by atoms with van der Waals surface area (Å²) in [6, 6.07) is 22.4. The average molecular weight is 605 g/mol. The van der Waals surface area contributed by atoms with E-state index in [0.717, 1.165) is 44.4 Å². The summed E-state index contributed by atoms with van der Waals surface area (Å²) >= 11 is 0. The summed E-state index contributed by atoms with van der Waals surface area (Å²) < 4.78 is 27.8. The van der Waals surface area contributed by atoms with Crippen molar-refractivity contribution < 1.29 is 8.42 Å². The summed E-state index contributed by atoms with van der Waals surface area (Å²) in [5, 5.41) is 11.9. The lowest BCUT2D eigenvalue weighted by atomic mass is 10.0. The van der Waals surface area contributed by atoms with E-state index < -0.39 is 10.2 Å². The second kappa shape index (κ2) is 10.4. The third kappa shape index (κ3) is 4.75. The van der Waals surface area contributed by atoms with E-state index in [1.165, 1.54) is 6.33 Å². The summed E-state index contributed by atoms with van der Waals surface area (Å²) in [6.45, 7) is 3.93. The zero-order valence-corrected chi connectivity index (χ0v) is 24.6. The highest BCUT2D eigenvalue weighted by molar-refractivity contribution is 7.90. The Morgan fingerprint density at radius 2 is 1.75 bits per heavy atom. The minimum absolute atomic E-state index is 0.0976. The number of fused-ring (bicyclic) bond motifs is 3. The molecule has 0 bridgehead atoms. The van der Waals surface area contributed by atoms with E-state index in [2.05, 4.69) is 30.0 Å². The van der Waals surface area contributed by atoms with E-state index in [0.29, 0.717) is 27.9 Å². The number of aromatic nitrogens is 5. The van der Waals surface area contributed by atoms with E-state index >= 15 is 0 Å². The van der Waals surface area contributed by atoms with Gasteiger partial charge in [-0.15, -0.1) is 0 Å². The van der Waals surface area contributed by atoms with Crippen molar-refractivity contribution in [1.29, 1.82) is 0 Å². The van der Waals surface area contributed by atoms with Crippen LogP contribution >= 0.6 is 0 Å². The Balaban J connectivity index is 1.39. The molecule has 3 aromatic carbocycles. The molecular formula is C32H28N8O3S. The minimum atomic E-state index is -4.00. The second-order valence-corrected chi connectivity index (χ2v) is 12.0. The van der Waals surface area contributed by atoms with Crippen molar-refractivity contribution >= 4 is 54.4 Å². The Morgan fingerprint density at radius 3 is 2.55 bits per heavy atom. The molecule has 44 heavy (non-hydrogen) atoms. The minimum Gasteiger partial charge on any atom is -0.361 e. The summed E-state index contributed by atoms with van der Waals surface area (Å²) in [4.78, 5) is 29.4. The van der Waals surface area contributed by atoms with E-state index in [4.69, 9.17) is 5.14 Å². The summed E-state index contributed by atoms with van der Waals surface area (Å²) in [6.07, 6.45) is 5.07. The fourth-order valence-corrected chi connectivity index (χ4v) is 6.34. The van der Waals surface area contributed by atoms with Crippen molar-refractivity contribution in [2.45, 2.75) is 19.9 Å². The Labute approximate surface area is 252 Å². The topological polar surface area (TPSA) is 164 Å². The van der Waals surface area contributed by atoms with Gasteiger partial charge in [-0.2, -0.15) is 8.42 Å². The van der Waals surface area contributed by atoms with Crippen LogP contribution in [0.4, 0.5) is 11.5 Å². The lowest BCUT2D eigenvalue weighted by molar-refractivity contribution is 0.603. The molecule has 0 aliphatic rings. The number of aryl methyl sites for hydroxylation is 1. The molecule has 4 heterocycles. The van der Waals surface area contributed by atoms with Gasteiger partial charge in [0.2, 0.25) is 0 Å². The van der Waals surface area contributed by atoms with Gasteiger partial charge in [-0.3, -0.25) is 14.1 Å². The second-order valence-electron chi connectivity index (χ2n) is 10.7. The number of nitrogens with two attached hydrogens (primary N) is 1. The molecule has 0 aliphatic carbocycles. The summed E-state index contributed by atoms with van der Waals surface area (Å²) in [7, 11) is -4.00. The third-order valence-corrected chi connectivity index (χ3v) is 8.30. The van der Waals surface area contributed by atoms with Crippen molar-refractivity contribution in [3.05, 3.63) is 113 Å². The molecule has 11 nitrogen and oxygen atoms in total. The Bertz CT molecular complexity index is 2380. The number of H-pyrrole nitrogens is 2. The van der Waals surface area contributed by atoms with Gasteiger partial charge in [0, 0.05) is 40.2 Å². The van der Waals surface area contributed by atoms with Gasteiger partial charge in [0.05, 0.1) is 22.5 Å². The third-order valence-electron chi connectivity index (χ3n) is 7.78. The Hall–Kier alpha value is -5.46. The number of para-hydroxylation sites is 1. The van der Waals surface area contributed by atoms with Crippen LogP contribution in [0.5, 0.6) is 0 Å². The van der Waals surface area contributed by atoms with Crippen molar-refractivity contribution in [2.75, 3.05) is 10.0 Å². The lowest BCUT2D eigenvalue weighted by Gasteiger charge is -2.22. The van der Waals surface area contributed by atoms with Crippen LogP contribution in [-0.2, 0) is 10.2 Å². The summed E-state index contributed by atoms with van der Waals surface area (Å²) in [5.41, 5.74) is 5.46. The maximum absolute atomic E-state index is 14.0. The van der Waals surface area contributed by atoms with E-state index in [1.54, 1.807) is 22.9 Å². The first-order chi connectivity index (χ1) is 21.2. The molecule has 7 aromatic rings. The average Bonchev–Trinajstić information content (AvgIpc) is 3.64. The Morgan fingerprint density at radius 1 is 0.932 bits per heavy atom. The number of aromatic amines is 2. The number of rotatable bonds is 7. The van der Waals surface area contributed by atoms with Crippen LogP contribution in [0, 0.1) is 6.92 Å². The largest absolute Gasteiger partial charge is 0.361 e. The molecule has 6 N–H and O–H groups in total. The van der Waals surface area contributed by atoms with E-state index in [1.807, 2.05) is 80.7 Å². The standard InChI is InChI=1S/C32H28N8O3S/c1-18-7-6-8-20-13-27(40(32(41)28(18)20)22-9-4-3-5-10-22)19(2)38-31-29-25(16-35-30(29)36-17-37-31)24-14-21(39-44(33,42)43)15-26-23(24)11-12-34-26/h3-17,19,34,39H,1-2H3,(H2,33,42,43)(H2,35,36,37,38)/t19-/m0/s1. The molecule has 0 unspecified atom stereocenters. The number of nitrogens with zero attached hydrogens (tertiary/aromatic N) is 3. The number of pyridine rings is 1. The lowest BCUT2D eigenvalue weighted by Crippen LogP contribution is -2.26. The zero-order valence-electron chi connectivity index (χ0n) is 23.8. The van der Waals surface area contributed by atoms with Gasteiger partial charge in [-0.25, -0.2) is 15.1 Å².